The van der Waals surface area contributed by atoms with Crippen molar-refractivity contribution in [1.29, 1.82) is 0 Å². The van der Waals surface area contributed by atoms with Crippen molar-refractivity contribution >= 4 is 54.6 Å². The number of rotatable bonds is 18. The fourth-order valence-corrected chi connectivity index (χ4v) is 10.7. The number of unbranched alkanes of at least 4 members (excludes halogenated alkanes) is 3. The summed E-state index contributed by atoms with van der Waals surface area (Å²) in [4.78, 5) is 61.6. The number of carbonyl (C=O) groups excluding carboxylic acids is 4. The molecule has 1 saturated heterocycles. The molecule has 4 atom stereocenters. The molecule has 2 aliphatic heterocycles. The lowest BCUT2D eigenvalue weighted by molar-refractivity contribution is -0.139. The van der Waals surface area contributed by atoms with Crippen molar-refractivity contribution < 1.29 is 59.0 Å². The van der Waals surface area contributed by atoms with E-state index < -0.39 is 120 Å². The summed E-state index contributed by atoms with van der Waals surface area (Å²) < 4.78 is 103. The van der Waals surface area contributed by atoms with Gasteiger partial charge in [0, 0.05) is 30.4 Å². The number of amides is 4. The summed E-state index contributed by atoms with van der Waals surface area (Å²) in [6.45, 7) is 8.80. The maximum atomic E-state index is 17.0. The number of sulfonamides is 1. The molecule has 2 aliphatic carbocycles. The van der Waals surface area contributed by atoms with Gasteiger partial charge < -0.3 is 29.7 Å². The van der Waals surface area contributed by atoms with Crippen molar-refractivity contribution in [2.24, 2.45) is 5.92 Å². The van der Waals surface area contributed by atoms with Crippen LogP contribution in [-0.2, 0) is 44.9 Å². The third-order valence-electron chi connectivity index (χ3n) is 12.7. The van der Waals surface area contributed by atoms with Gasteiger partial charge in [0.25, 0.3) is 11.8 Å². The normalized spacial score (nSPS) is 24.6. The molecule has 0 radical (unpaired) electrons. The second-order valence-corrected chi connectivity index (χ2v) is 23.6. The number of pyridine rings is 1. The number of benzene rings is 1. The molecule has 1 aromatic carbocycles. The molecule has 3 N–H and O–H groups in total. The number of alkyl carbamates (subject to hydrolysis) is 1. The number of aromatic nitrogens is 1. The summed E-state index contributed by atoms with van der Waals surface area (Å²) in [6.07, 6.45) is 6.38. The van der Waals surface area contributed by atoms with E-state index in [9.17, 15) is 36.0 Å². The number of likely N-dealkylation sites (tertiary alicyclic amines) is 1. The van der Waals surface area contributed by atoms with Gasteiger partial charge in [-0.1, -0.05) is 45.8 Å². The van der Waals surface area contributed by atoms with Crippen LogP contribution < -0.4 is 24.8 Å². The second-order valence-electron chi connectivity index (χ2n) is 19.1. The molecule has 0 bridgehead atoms. The van der Waals surface area contributed by atoms with Gasteiger partial charge in [-0.05, 0) is 77.0 Å². The third-order valence-corrected chi connectivity index (χ3v) is 15.8. The average Bonchev–Trinajstić information content (AvgIpc) is 4.09. The van der Waals surface area contributed by atoms with E-state index in [-0.39, 0.29) is 35.4 Å². The Balaban J connectivity index is 1.34. The maximum absolute atomic E-state index is 17.0. The summed E-state index contributed by atoms with van der Waals surface area (Å²) in [5, 5.41) is 5.19. The molecule has 4 aliphatic rings. The number of fused-ring (bicyclic) bond motifs is 3. The number of nitrogens with one attached hydrogen (secondary N) is 3. The number of ether oxygens (including phenoxy) is 3. The van der Waals surface area contributed by atoms with Gasteiger partial charge in [0.1, 0.15) is 44.9 Å². The highest BCUT2D eigenvalue weighted by Crippen LogP contribution is 2.55. The van der Waals surface area contributed by atoms with Gasteiger partial charge in [0.2, 0.25) is 21.8 Å². The molecule has 4 amide bonds. The minimum atomic E-state index is -4.14. The van der Waals surface area contributed by atoms with Crippen molar-refractivity contribution in [2.45, 2.75) is 145 Å². The molecule has 354 valence electrons. The molecule has 0 unspecified atom stereocenters. The maximum Gasteiger partial charge on any atom is 0.408 e. The monoisotopic (exact) mass is 937 g/mol. The second kappa shape index (κ2) is 17.7. The molecule has 64 heavy (non-hydrogen) atoms. The number of nitrogens with zero attached hydrogens (tertiary/aromatic N) is 2. The zero-order chi connectivity index (χ0) is 47.3. The van der Waals surface area contributed by atoms with Gasteiger partial charge in [0.05, 0.1) is 47.3 Å². The number of allylic oxidation sites excluding steroid dienone is 1. The zero-order valence-electron chi connectivity index (χ0n) is 37.8. The summed E-state index contributed by atoms with van der Waals surface area (Å²) in [6, 6.07) is 3.10. The topological polar surface area (TPSA) is 216 Å². The van der Waals surface area contributed by atoms with E-state index in [1.807, 2.05) is 6.08 Å². The van der Waals surface area contributed by atoms with E-state index in [0.29, 0.717) is 30.5 Å². The molecule has 2 aromatic rings. The number of sulfone groups is 1. The lowest BCUT2D eigenvalue weighted by Gasteiger charge is -2.41. The van der Waals surface area contributed by atoms with Crippen molar-refractivity contribution in [2.75, 3.05) is 32.2 Å². The third kappa shape index (κ3) is 10.4. The molecule has 20 heteroatoms. The molecule has 16 nitrogen and oxygen atoms in total. The SMILES string of the molecule is CCCCC/C=C\[C@@H]1C[C@]1(NC(=O)[C@@H]1C[C@@]2(CN1C(=O)CNC(=O)OC(C)(C)CCS(C)(=O)=O)CC(F)(F)c1c(c(C(C)C)nc3ccc(OC)cc13)O2)C(=O)NS(=O)(=O)C1(C)CC1. The van der Waals surface area contributed by atoms with Crippen molar-refractivity contribution in [1.82, 2.24) is 25.2 Å². The van der Waals surface area contributed by atoms with Crippen LogP contribution in [0.4, 0.5) is 13.6 Å². The van der Waals surface area contributed by atoms with Crippen LogP contribution in [0.2, 0.25) is 0 Å². The number of methoxy groups -OCH3 is 1. The first-order chi connectivity index (χ1) is 29.7. The lowest BCUT2D eigenvalue weighted by Crippen LogP contribution is -2.57. The standard InChI is InChI=1S/C44H61F2N5O11S2/c1-9-10-11-12-13-14-28-22-43(28,38(54)50-64(58,59)41(6)17-18-41)49-37(53)32-23-42(26-51(32)33(52)24-47-39(55)62-40(4,5)19-20-63(8,56)57)25-44(45,46)34-30-21-29(60-7)15-16-31(30)48-35(27(2)3)36(34)61-42/h13-16,21,27-28,32H,9-12,17-20,22-26H2,1-8H3,(H,47,55)(H,49,53)(H,50,54)/b14-13-/t28-,32+,42+,43-/m1/s1. The smallest absolute Gasteiger partial charge is 0.408 e. The highest BCUT2D eigenvalue weighted by molar-refractivity contribution is 7.91. The van der Waals surface area contributed by atoms with Gasteiger partial charge in [0.15, 0.2) is 5.75 Å². The predicted octanol–water partition coefficient (Wildman–Crippen LogP) is 5.53. The number of halogens is 2. The largest absolute Gasteiger partial charge is 0.497 e. The predicted molar refractivity (Wildman–Crippen MR) is 234 cm³/mol. The quantitative estimate of drug-likeness (QED) is 0.124. The van der Waals surface area contributed by atoms with Crippen LogP contribution in [0.25, 0.3) is 10.9 Å². The summed E-state index contributed by atoms with van der Waals surface area (Å²) >= 11 is 0. The van der Waals surface area contributed by atoms with Crippen LogP contribution >= 0.6 is 0 Å². The Kier molecular flexibility index (Phi) is 13.5. The number of alkyl halides is 2. The van der Waals surface area contributed by atoms with E-state index in [1.165, 1.54) is 33.9 Å². The Bertz CT molecular complexity index is 2440. The fourth-order valence-electron chi connectivity index (χ4n) is 8.48. The minimum absolute atomic E-state index is 0.0390. The van der Waals surface area contributed by atoms with E-state index in [4.69, 9.17) is 19.2 Å². The molecule has 2 saturated carbocycles. The van der Waals surface area contributed by atoms with Crippen LogP contribution in [0.5, 0.6) is 11.5 Å². The summed E-state index contributed by atoms with van der Waals surface area (Å²) in [5.41, 5.74) is -4.77. The van der Waals surface area contributed by atoms with Crippen LogP contribution in [0.3, 0.4) is 0 Å². The Morgan fingerprint density at radius 3 is 2.42 bits per heavy atom. The molecule has 1 aromatic heterocycles. The van der Waals surface area contributed by atoms with E-state index in [2.05, 4.69) is 22.3 Å². The molecule has 6 rings (SSSR count). The number of carbonyl (C=O) groups is 4. The van der Waals surface area contributed by atoms with E-state index in [0.717, 1.165) is 30.4 Å². The summed E-state index contributed by atoms with van der Waals surface area (Å²) in [7, 11) is -6.12. The van der Waals surface area contributed by atoms with Gasteiger partial charge >= 0.3 is 6.09 Å². The van der Waals surface area contributed by atoms with E-state index >= 15 is 8.78 Å². The molecular formula is C44H61F2N5O11S2. The van der Waals surface area contributed by atoms with Crippen LogP contribution in [-0.4, -0.2) is 110 Å². The highest BCUT2D eigenvalue weighted by Gasteiger charge is 2.65. The first kappa shape index (κ1) is 48.9. The van der Waals surface area contributed by atoms with Crippen molar-refractivity contribution in [3.63, 3.8) is 0 Å². The number of hydrogen-bond donors (Lipinski definition) is 3. The Labute approximate surface area is 374 Å². The Hall–Kier alpha value is -4.59. The van der Waals surface area contributed by atoms with E-state index in [1.54, 1.807) is 32.1 Å². The van der Waals surface area contributed by atoms with Crippen LogP contribution in [0.15, 0.2) is 30.4 Å². The summed E-state index contributed by atoms with van der Waals surface area (Å²) in [5.74, 6) is -7.51. The Morgan fingerprint density at radius 2 is 1.80 bits per heavy atom. The van der Waals surface area contributed by atoms with Gasteiger partial charge in [-0.15, -0.1) is 0 Å². The van der Waals surface area contributed by atoms with Crippen LogP contribution in [0.1, 0.15) is 123 Å². The van der Waals surface area contributed by atoms with Crippen LogP contribution in [0, 0.1) is 5.92 Å². The molecule has 3 heterocycles. The molecular weight excluding hydrogens is 877 g/mol. The van der Waals surface area contributed by atoms with Gasteiger partial charge in [-0.3, -0.25) is 19.1 Å². The first-order valence-corrected chi connectivity index (χ1v) is 25.3. The van der Waals surface area contributed by atoms with Crippen molar-refractivity contribution in [3.05, 3.63) is 41.6 Å². The minimum Gasteiger partial charge on any atom is -0.497 e. The fraction of sp³-hybridized carbons (Fsp3) is 0.659. The number of hydrogen-bond acceptors (Lipinski definition) is 12. The highest BCUT2D eigenvalue weighted by atomic mass is 32.2. The Morgan fingerprint density at radius 1 is 1.09 bits per heavy atom. The first-order valence-electron chi connectivity index (χ1n) is 21.8. The average molecular weight is 938 g/mol. The van der Waals surface area contributed by atoms with Gasteiger partial charge in [-0.2, -0.15) is 0 Å². The molecule has 3 fully saturated rings. The van der Waals surface area contributed by atoms with Gasteiger partial charge in [-0.25, -0.2) is 35.4 Å². The van der Waals surface area contributed by atoms with Crippen molar-refractivity contribution in [3.8, 4) is 11.5 Å². The molecule has 1 spiro atoms. The lowest BCUT2D eigenvalue weighted by atomic mass is 9.83. The zero-order valence-corrected chi connectivity index (χ0v) is 39.4.